The Kier molecular flexibility index (Phi) is 8.66. The van der Waals surface area contributed by atoms with E-state index in [4.69, 9.17) is 19.3 Å². The van der Waals surface area contributed by atoms with E-state index >= 15 is 4.39 Å². The molecule has 0 atom stereocenters. The number of pyridine rings is 1. The third-order valence-corrected chi connectivity index (χ3v) is 6.00. The van der Waals surface area contributed by atoms with Crippen molar-refractivity contribution in [3.05, 3.63) is 78.2 Å². The van der Waals surface area contributed by atoms with E-state index < -0.39 is 5.82 Å². The molecule has 0 aliphatic carbocycles. The third-order valence-electron chi connectivity index (χ3n) is 6.00. The van der Waals surface area contributed by atoms with Gasteiger partial charge in [-0.1, -0.05) is 32.9 Å². The van der Waals surface area contributed by atoms with Crippen molar-refractivity contribution in [2.45, 2.75) is 26.2 Å². The maximum Gasteiger partial charge on any atom is 0.167 e. The zero-order valence-corrected chi connectivity index (χ0v) is 22.2. The summed E-state index contributed by atoms with van der Waals surface area (Å²) >= 11 is 0. The molecule has 4 aromatic rings. The quantitative estimate of drug-likeness (QED) is 0.204. The van der Waals surface area contributed by atoms with Crippen LogP contribution in [0.15, 0.2) is 66.9 Å². The van der Waals surface area contributed by atoms with Crippen LogP contribution in [-0.2, 0) is 5.41 Å². The second-order valence-corrected chi connectivity index (χ2v) is 9.85. The minimum Gasteiger partial charge on any atom is -0.493 e. The molecule has 38 heavy (non-hydrogen) atoms. The molecule has 200 valence electrons. The normalized spacial score (nSPS) is 11.4. The van der Waals surface area contributed by atoms with Crippen molar-refractivity contribution >= 4 is 22.3 Å². The second kappa shape index (κ2) is 12.1. The minimum atomic E-state index is -0.492. The Morgan fingerprint density at radius 1 is 0.868 bits per heavy atom. The summed E-state index contributed by atoms with van der Waals surface area (Å²) in [6, 6.07) is 18.1. The van der Waals surface area contributed by atoms with Gasteiger partial charge < -0.3 is 30.0 Å². The fraction of sp³-hybridized carbons (Fsp3) is 0.300. The minimum absolute atomic E-state index is 0.0667. The highest BCUT2D eigenvalue weighted by Gasteiger charge is 2.15. The van der Waals surface area contributed by atoms with Crippen LogP contribution in [-0.4, -0.2) is 43.5 Å². The van der Waals surface area contributed by atoms with Gasteiger partial charge in [-0.2, -0.15) is 0 Å². The van der Waals surface area contributed by atoms with Crippen LogP contribution in [0.1, 0.15) is 26.3 Å². The molecule has 0 saturated heterocycles. The zero-order valence-electron chi connectivity index (χ0n) is 22.2. The van der Waals surface area contributed by atoms with Gasteiger partial charge in [0.2, 0.25) is 0 Å². The fourth-order valence-electron chi connectivity index (χ4n) is 3.93. The average molecular weight is 520 g/mol. The highest BCUT2D eigenvalue weighted by atomic mass is 19.1. The summed E-state index contributed by atoms with van der Waals surface area (Å²) < 4.78 is 32.4. The Morgan fingerprint density at radius 2 is 1.63 bits per heavy atom. The van der Waals surface area contributed by atoms with Crippen LogP contribution in [0.3, 0.4) is 0 Å². The summed E-state index contributed by atoms with van der Waals surface area (Å²) in [5.74, 6) is 1.10. The van der Waals surface area contributed by atoms with Gasteiger partial charge in [-0.3, -0.25) is 4.98 Å². The van der Waals surface area contributed by atoms with Crippen LogP contribution >= 0.6 is 0 Å². The molecule has 0 unspecified atom stereocenters. The Hall–Kier alpha value is -3.88. The summed E-state index contributed by atoms with van der Waals surface area (Å²) in [5, 5.41) is 15.8. The summed E-state index contributed by atoms with van der Waals surface area (Å²) in [7, 11) is 1.55. The molecule has 7 nitrogen and oxygen atoms in total. The Balaban J connectivity index is 1.50. The number of aromatic nitrogens is 1. The topological polar surface area (TPSA) is 84.9 Å². The van der Waals surface area contributed by atoms with Crippen LogP contribution < -0.4 is 24.8 Å². The average Bonchev–Trinajstić information content (AvgIpc) is 2.89. The van der Waals surface area contributed by atoms with Gasteiger partial charge in [-0.15, -0.1) is 0 Å². The molecule has 0 aliphatic heterocycles. The number of benzene rings is 3. The first-order valence-corrected chi connectivity index (χ1v) is 12.5. The highest BCUT2D eigenvalue weighted by Crippen LogP contribution is 2.38. The molecule has 3 N–H and O–H groups in total. The van der Waals surface area contributed by atoms with Crippen molar-refractivity contribution < 1.29 is 23.7 Å². The van der Waals surface area contributed by atoms with Crippen molar-refractivity contribution in [1.29, 1.82) is 0 Å². The van der Waals surface area contributed by atoms with Gasteiger partial charge in [0, 0.05) is 48.2 Å². The number of hydrogen-bond acceptors (Lipinski definition) is 7. The van der Waals surface area contributed by atoms with Crippen molar-refractivity contribution in [3.8, 4) is 23.0 Å². The van der Waals surface area contributed by atoms with Crippen LogP contribution in [0.4, 0.5) is 15.8 Å². The molecule has 1 heterocycles. The van der Waals surface area contributed by atoms with Gasteiger partial charge in [-0.05, 0) is 47.4 Å². The monoisotopic (exact) mass is 519 g/mol. The van der Waals surface area contributed by atoms with E-state index in [2.05, 4.69) is 48.5 Å². The molecule has 8 heteroatoms. The largest absolute Gasteiger partial charge is 0.493 e. The predicted molar refractivity (Wildman–Crippen MR) is 149 cm³/mol. The van der Waals surface area contributed by atoms with Gasteiger partial charge in [0.15, 0.2) is 23.1 Å². The Bertz CT molecular complexity index is 1370. The van der Waals surface area contributed by atoms with Crippen molar-refractivity contribution in [2.75, 3.05) is 38.7 Å². The first-order valence-electron chi connectivity index (χ1n) is 12.5. The van der Waals surface area contributed by atoms with Crippen LogP contribution in [0.25, 0.3) is 10.9 Å². The van der Waals surface area contributed by atoms with Crippen LogP contribution in [0.2, 0.25) is 0 Å². The lowest BCUT2D eigenvalue weighted by molar-refractivity contribution is 0.269. The maximum absolute atomic E-state index is 15.0. The third kappa shape index (κ3) is 6.70. The summed E-state index contributed by atoms with van der Waals surface area (Å²) in [4.78, 5) is 4.41. The predicted octanol–water partition coefficient (Wildman–Crippen LogP) is 6.18. The standard InChI is InChI=1S/C30H34FN3O4/c1-30(2,3)20-5-7-21(8-6-20)34-22-9-10-27(24(31)17-22)38-26-11-12-33-25-19-29(28(36-4)18-23(25)26)37-16-14-32-13-15-35/h5-12,17-19,32,34-35H,13-16H2,1-4H3. The number of fused-ring (bicyclic) bond motifs is 1. The molecule has 4 rings (SSSR count). The fourth-order valence-corrected chi connectivity index (χ4v) is 3.93. The van der Waals surface area contributed by atoms with Gasteiger partial charge in [0.1, 0.15) is 12.4 Å². The van der Waals surface area contributed by atoms with E-state index in [1.54, 1.807) is 43.6 Å². The lowest BCUT2D eigenvalue weighted by Crippen LogP contribution is -2.24. The molecule has 0 fully saturated rings. The van der Waals surface area contributed by atoms with Crippen molar-refractivity contribution in [2.24, 2.45) is 0 Å². The Labute approximate surface area is 222 Å². The van der Waals surface area contributed by atoms with E-state index in [0.29, 0.717) is 53.5 Å². The SMILES string of the molecule is COc1cc2c(Oc3ccc(Nc4ccc(C(C)(C)C)cc4)cc3F)ccnc2cc1OCCNCCO. The van der Waals surface area contributed by atoms with Crippen molar-refractivity contribution in [1.82, 2.24) is 10.3 Å². The molecule has 0 spiro atoms. The van der Waals surface area contributed by atoms with E-state index in [1.165, 1.54) is 11.6 Å². The number of methoxy groups -OCH3 is 1. The number of hydrogen-bond donors (Lipinski definition) is 3. The second-order valence-electron chi connectivity index (χ2n) is 9.85. The van der Waals surface area contributed by atoms with Gasteiger partial charge >= 0.3 is 0 Å². The molecule has 3 aromatic carbocycles. The van der Waals surface area contributed by atoms with E-state index in [-0.39, 0.29) is 17.8 Å². The molecule has 0 bridgehead atoms. The van der Waals surface area contributed by atoms with E-state index in [1.807, 2.05) is 12.1 Å². The summed E-state index contributed by atoms with van der Waals surface area (Å²) in [6.45, 7) is 8.03. The number of nitrogens with zero attached hydrogens (tertiary/aromatic N) is 1. The van der Waals surface area contributed by atoms with E-state index in [9.17, 15) is 0 Å². The van der Waals surface area contributed by atoms with Crippen LogP contribution in [0, 0.1) is 5.82 Å². The van der Waals surface area contributed by atoms with Gasteiger partial charge in [0.25, 0.3) is 0 Å². The number of rotatable bonds is 11. The number of aliphatic hydroxyl groups is 1. The lowest BCUT2D eigenvalue weighted by atomic mass is 9.87. The first kappa shape index (κ1) is 27.2. The smallest absolute Gasteiger partial charge is 0.167 e. The molecule has 0 saturated carbocycles. The molecule has 1 aromatic heterocycles. The molecule has 0 amide bonds. The molecule has 0 aliphatic rings. The molecular formula is C30H34FN3O4. The Morgan fingerprint density at radius 3 is 2.32 bits per heavy atom. The van der Waals surface area contributed by atoms with E-state index in [0.717, 1.165) is 5.69 Å². The summed E-state index contributed by atoms with van der Waals surface area (Å²) in [6.07, 6.45) is 1.60. The number of halogens is 1. The highest BCUT2D eigenvalue weighted by molar-refractivity contribution is 5.88. The van der Waals surface area contributed by atoms with Crippen LogP contribution in [0.5, 0.6) is 23.0 Å². The first-order chi connectivity index (χ1) is 18.3. The van der Waals surface area contributed by atoms with Gasteiger partial charge in [-0.25, -0.2) is 4.39 Å². The van der Waals surface area contributed by atoms with Crippen molar-refractivity contribution in [3.63, 3.8) is 0 Å². The molecular weight excluding hydrogens is 485 g/mol. The lowest BCUT2D eigenvalue weighted by Gasteiger charge is -2.19. The number of ether oxygens (including phenoxy) is 3. The maximum atomic E-state index is 15.0. The zero-order chi connectivity index (χ0) is 27.1. The van der Waals surface area contributed by atoms with Gasteiger partial charge in [0.05, 0.1) is 19.2 Å². The number of aliphatic hydroxyl groups excluding tert-OH is 1. The summed E-state index contributed by atoms with van der Waals surface area (Å²) in [5.41, 5.74) is 3.42. The number of nitrogens with one attached hydrogen (secondary N) is 2. The number of anilines is 2. The molecule has 0 radical (unpaired) electrons.